The second-order valence-electron chi connectivity index (χ2n) is 5.78. The molecule has 3 aromatic rings. The third kappa shape index (κ3) is 3.35. The van der Waals surface area contributed by atoms with Gasteiger partial charge in [-0.05, 0) is 25.0 Å². The number of likely N-dealkylation sites (N-methyl/N-ethyl adjacent to an activating group) is 1. The Morgan fingerprint density at radius 1 is 1.26 bits per heavy atom. The highest BCUT2D eigenvalue weighted by Gasteiger charge is 2.19. The average Bonchev–Trinajstić information content (AvgIpc) is 2.95. The number of rotatable bonds is 6. The van der Waals surface area contributed by atoms with E-state index in [2.05, 4.69) is 52.4 Å². The second kappa shape index (κ2) is 6.79. The molecule has 120 valence electrons. The van der Waals surface area contributed by atoms with Crippen LogP contribution >= 0.6 is 0 Å². The minimum absolute atomic E-state index is 0.205. The Morgan fingerprint density at radius 3 is 2.78 bits per heavy atom. The second-order valence-corrected chi connectivity index (χ2v) is 5.78. The Bertz CT molecular complexity index is 769. The lowest BCUT2D eigenvalue weighted by atomic mass is 10.1. The van der Waals surface area contributed by atoms with Crippen LogP contribution in [0.1, 0.15) is 11.3 Å². The normalized spacial score (nSPS) is 12.5. The van der Waals surface area contributed by atoms with Crippen LogP contribution in [0.2, 0.25) is 0 Å². The van der Waals surface area contributed by atoms with Gasteiger partial charge in [0.1, 0.15) is 5.52 Å². The predicted octanol–water partition coefficient (Wildman–Crippen LogP) is 2.73. The minimum atomic E-state index is 0.205. The summed E-state index contributed by atoms with van der Waals surface area (Å²) < 4.78 is 7.32. The monoisotopic (exact) mass is 310 g/mol. The number of benzene rings is 1. The minimum Gasteiger partial charge on any atom is -0.383 e. The number of ether oxygens (including phenoxy) is 1. The largest absolute Gasteiger partial charge is 0.383 e. The molecule has 0 bridgehead atoms. The zero-order valence-corrected chi connectivity index (χ0v) is 13.8. The van der Waals surface area contributed by atoms with Crippen molar-refractivity contribution < 1.29 is 4.74 Å². The van der Waals surface area contributed by atoms with Crippen molar-refractivity contribution in [3.05, 3.63) is 60.0 Å². The van der Waals surface area contributed by atoms with E-state index in [9.17, 15) is 0 Å². The smallest absolute Gasteiger partial charge is 0.154 e. The van der Waals surface area contributed by atoms with Crippen LogP contribution in [-0.4, -0.2) is 41.4 Å². The maximum absolute atomic E-state index is 5.44. The van der Waals surface area contributed by atoms with Crippen LogP contribution in [0, 0.1) is 6.92 Å². The van der Waals surface area contributed by atoms with Gasteiger partial charge in [-0.2, -0.15) is 5.10 Å². The Kier molecular flexibility index (Phi) is 4.57. The van der Waals surface area contributed by atoms with Crippen molar-refractivity contribution in [2.45, 2.75) is 19.4 Å². The summed E-state index contributed by atoms with van der Waals surface area (Å²) in [5.41, 5.74) is 3.29. The van der Waals surface area contributed by atoms with Gasteiger partial charge in [0.05, 0.1) is 18.3 Å². The standard InChI is InChI=1S/C18H22N4O/c1-14-11-17-18(19-9-10-22(17)20-14)21(2)16(13-23-3)12-15-7-5-4-6-8-15/h4-11,16H,12-13H2,1-3H3. The van der Waals surface area contributed by atoms with Gasteiger partial charge in [-0.1, -0.05) is 30.3 Å². The number of fused-ring (bicyclic) bond motifs is 1. The van der Waals surface area contributed by atoms with Crippen molar-refractivity contribution in [1.82, 2.24) is 14.6 Å². The topological polar surface area (TPSA) is 42.7 Å². The molecule has 1 atom stereocenters. The highest BCUT2D eigenvalue weighted by atomic mass is 16.5. The molecule has 1 unspecified atom stereocenters. The van der Waals surface area contributed by atoms with E-state index in [1.165, 1.54) is 5.56 Å². The molecule has 0 N–H and O–H groups in total. The summed E-state index contributed by atoms with van der Waals surface area (Å²) in [7, 11) is 3.81. The Balaban J connectivity index is 1.91. The molecule has 0 amide bonds. The molecule has 0 fully saturated rings. The molecule has 0 aliphatic heterocycles. The van der Waals surface area contributed by atoms with Gasteiger partial charge in [-0.25, -0.2) is 9.50 Å². The molecule has 2 heterocycles. The van der Waals surface area contributed by atoms with Gasteiger partial charge in [0, 0.05) is 26.6 Å². The zero-order chi connectivity index (χ0) is 16.2. The van der Waals surface area contributed by atoms with Gasteiger partial charge in [0.2, 0.25) is 0 Å². The number of aryl methyl sites for hydroxylation is 1. The lowest BCUT2D eigenvalue weighted by Gasteiger charge is -2.29. The van der Waals surface area contributed by atoms with Crippen LogP contribution in [0.4, 0.5) is 5.82 Å². The summed E-state index contributed by atoms with van der Waals surface area (Å²) in [6.07, 6.45) is 4.57. The molecule has 0 radical (unpaired) electrons. The summed E-state index contributed by atoms with van der Waals surface area (Å²) in [6, 6.07) is 12.7. The molecule has 0 saturated carbocycles. The molecule has 5 heteroatoms. The van der Waals surface area contributed by atoms with E-state index in [1.807, 2.05) is 23.7 Å². The summed E-state index contributed by atoms with van der Waals surface area (Å²) in [4.78, 5) is 6.76. The molecule has 0 aliphatic carbocycles. The number of hydrogen-bond donors (Lipinski definition) is 0. The van der Waals surface area contributed by atoms with Crippen LogP contribution in [-0.2, 0) is 11.2 Å². The molecule has 0 saturated heterocycles. The molecule has 2 aromatic heterocycles. The summed E-state index contributed by atoms with van der Waals surface area (Å²) in [5.74, 6) is 0.922. The van der Waals surface area contributed by atoms with Gasteiger partial charge < -0.3 is 9.64 Å². The van der Waals surface area contributed by atoms with Gasteiger partial charge >= 0.3 is 0 Å². The van der Waals surface area contributed by atoms with E-state index in [0.717, 1.165) is 23.4 Å². The maximum atomic E-state index is 5.44. The van der Waals surface area contributed by atoms with Crippen molar-refractivity contribution >= 4 is 11.3 Å². The Morgan fingerprint density at radius 2 is 2.04 bits per heavy atom. The maximum Gasteiger partial charge on any atom is 0.154 e. The van der Waals surface area contributed by atoms with E-state index < -0.39 is 0 Å². The van der Waals surface area contributed by atoms with Gasteiger partial charge in [0.15, 0.2) is 5.82 Å². The Labute approximate surface area is 136 Å². The molecule has 0 aliphatic rings. The molecular weight excluding hydrogens is 288 g/mol. The first-order chi connectivity index (χ1) is 11.2. The number of methoxy groups -OCH3 is 1. The predicted molar refractivity (Wildman–Crippen MR) is 91.9 cm³/mol. The van der Waals surface area contributed by atoms with E-state index in [0.29, 0.717) is 6.61 Å². The fraction of sp³-hybridized carbons (Fsp3) is 0.333. The van der Waals surface area contributed by atoms with Crippen LogP contribution in [0.3, 0.4) is 0 Å². The lowest BCUT2D eigenvalue weighted by Crippen LogP contribution is -2.38. The Hall–Kier alpha value is -2.40. The average molecular weight is 310 g/mol. The summed E-state index contributed by atoms with van der Waals surface area (Å²) in [5, 5.41) is 4.46. The molecule has 1 aromatic carbocycles. The molecule has 5 nitrogen and oxygen atoms in total. The van der Waals surface area contributed by atoms with E-state index >= 15 is 0 Å². The number of hydrogen-bond acceptors (Lipinski definition) is 4. The zero-order valence-electron chi connectivity index (χ0n) is 13.8. The molecule has 23 heavy (non-hydrogen) atoms. The van der Waals surface area contributed by atoms with Crippen LogP contribution in [0.5, 0.6) is 0 Å². The third-order valence-electron chi connectivity index (χ3n) is 4.05. The lowest BCUT2D eigenvalue weighted by molar-refractivity contribution is 0.178. The third-order valence-corrected chi connectivity index (χ3v) is 4.05. The van der Waals surface area contributed by atoms with E-state index in [4.69, 9.17) is 4.74 Å². The van der Waals surface area contributed by atoms with Gasteiger partial charge in [0.25, 0.3) is 0 Å². The van der Waals surface area contributed by atoms with E-state index in [1.54, 1.807) is 13.3 Å². The molecular formula is C18H22N4O. The number of nitrogens with zero attached hydrogens (tertiary/aromatic N) is 4. The molecule has 0 spiro atoms. The van der Waals surface area contributed by atoms with Crippen molar-refractivity contribution in [3.63, 3.8) is 0 Å². The van der Waals surface area contributed by atoms with Crippen LogP contribution < -0.4 is 4.90 Å². The SMILES string of the molecule is COCC(Cc1ccccc1)N(C)c1nccn2nc(C)cc12. The quantitative estimate of drug-likeness (QED) is 0.702. The number of aromatic nitrogens is 3. The van der Waals surface area contributed by atoms with Crippen molar-refractivity contribution in [2.75, 3.05) is 25.7 Å². The highest BCUT2D eigenvalue weighted by Crippen LogP contribution is 2.22. The first-order valence-electron chi connectivity index (χ1n) is 7.75. The van der Waals surface area contributed by atoms with Crippen LogP contribution in [0.15, 0.2) is 48.8 Å². The van der Waals surface area contributed by atoms with Crippen molar-refractivity contribution in [1.29, 1.82) is 0 Å². The fourth-order valence-corrected chi connectivity index (χ4v) is 2.86. The van der Waals surface area contributed by atoms with Crippen molar-refractivity contribution in [2.24, 2.45) is 0 Å². The first-order valence-corrected chi connectivity index (χ1v) is 7.75. The molecule has 3 rings (SSSR count). The van der Waals surface area contributed by atoms with Gasteiger partial charge in [-0.3, -0.25) is 0 Å². The van der Waals surface area contributed by atoms with E-state index in [-0.39, 0.29) is 6.04 Å². The van der Waals surface area contributed by atoms with Crippen LogP contribution in [0.25, 0.3) is 5.52 Å². The first kappa shape index (κ1) is 15.5. The summed E-state index contributed by atoms with van der Waals surface area (Å²) in [6.45, 7) is 2.63. The summed E-state index contributed by atoms with van der Waals surface area (Å²) >= 11 is 0. The highest BCUT2D eigenvalue weighted by molar-refractivity contribution is 5.69. The van der Waals surface area contributed by atoms with Crippen molar-refractivity contribution in [3.8, 4) is 0 Å². The van der Waals surface area contributed by atoms with Gasteiger partial charge in [-0.15, -0.1) is 0 Å². The fourth-order valence-electron chi connectivity index (χ4n) is 2.86. The number of anilines is 1.